The Kier molecular flexibility index (Phi) is 6.47. The Labute approximate surface area is 109 Å². The molecule has 1 unspecified atom stereocenters. The van der Waals surface area contributed by atoms with Crippen molar-refractivity contribution in [2.45, 2.75) is 58.8 Å². The van der Waals surface area contributed by atoms with E-state index < -0.39 is 19.5 Å². The summed E-state index contributed by atoms with van der Waals surface area (Å²) in [5, 5.41) is 0. The zero-order valence-electron chi connectivity index (χ0n) is 12.0. The molecule has 0 spiro atoms. The van der Waals surface area contributed by atoms with Crippen molar-refractivity contribution in [3.8, 4) is 0 Å². The summed E-state index contributed by atoms with van der Waals surface area (Å²) in [6, 6.07) is 0. The molecule has 18 heavy (non-hydrogen) atoms. The lowest BCUT2D eigenvalue weighted by Gasteiger charge is -2.30. The van der Waals surface area contributed by atoms with Gasteiger partial charge < -0.3 is 19.3 Å². The first-order valence-corrected chi connectivity index (χ1v) is 7.33. The van der Waals surface area contributed by atoms with Crippen LogP contribution >= 0.6 is 7.82 Å². The fraction of sp³-hybridized carbons (Fsp3) is 1.00. The molecule has 0 saturated carbocycles. The zero-order valence-corrected chi connectivity index (χ0v) is 12.9. The van der Waals surface area contributed by atoms with Gasteiger partial charge in [0, 0.05) is 0 Å². The Hall–Kier alpha value is 0.0300. The van der Waals surface area contributed by atoms with Gasteiger partial charge in [0.05, 0.1) is 24.4 Å². The summed E-state index contributed by atoms with van der Waals surface area (Å²) < 4.78 is 26.3. The second-order valence-electron chi connectivity index (χ2n) is 6.06. The van der Waals surface area contributed by atoms with E-state index in [1.54, 1.807) is 0 Å². The van der Waals surface area contributed by atoms with E-state index in [1.807, 2.05) is 41.5 Å². The Morgan fingerprint density at radius 2 is 1.50 bits per heavy atom. The van der Waals surface area contributed by atoms with Crippen LogP contribution in [0.2, 0.25) is 0 Å². The first kappa shape index (κ1) is 18.0. The zero-order chi connectivity index (χ0) is 14.6. The van der Waals surface area contributed by atoms with E-state index in [0.29, 0.717) is 0 Å². The lowest BCUT2D eigenvalue weighted by atomic mass is 10.1. The molecule has 110 valence electrons. The van der Waals surface area contributed by atoms with Crippen LogP contribution in [0.1, 0.15) is 41.5 Å². The van der Waals surface area contributed by atoms with Crippen LogP contribution in [0.4, 0.5) is 0 Å². The lowest BCUT2D eigenvalue weighted by molar-refractivity contribution is -0.131. The Morgan fingerprint density at radius 3 is 1.83 bits per heavy atom. The van der Waals surface area contributed by atoms with Crippen LogP contribution in [0.15, 0.2) is 0 Å². The van der Waals surface area contributed by atoms with Crippen LogP contribution in [0, 0.1) is 0 Å². The van der Waals surface area contributed by atoms with Gasteiger partial charge in [0.1, 0.15) is 6.10 Å². The van der Waals surface area contributed by atoms with Gasteiger partial charge in [0.2, 0.25) is 0 Å². The van der Waals surface area contributed by atoms with Crippen molar-refractivity contribution < 1.29 is 28.3 Å². The Morgan fingerprint density at radius 1 is 1.00 bits per heavy atom. The Balaban J connectivity index is 4.39. The molecule has 0 fully saturated rings. The van der Waals surface area contributed by atoms with Crippen LogP contribution in [-0.2, 0) is 18.6 Å². The molecule has 0 aromatic rings. The Bertz CT molecular complexity index is 285. The number of ether oxygens (including phenoxy) is 2. The van der Waals surface area contributed by atoms with E-state index in [9.17, 15) is 4.57 Å². The average Bonchev–Trinajstić information content (AvgIpc) is 2.05. The summed E-state index contributed by atoms with van der Waals surface area (Å²) in [7, 11) is -4.48. The molecule has 0 rings (SSSR count). The van der Waals surface area contributed by atoms with Crippen LogP contribution < -0.4 is 0 Å². The largest absolute Gasteiger partial charge is 0.469 e. The molecule has 0 aliphatic heterocycles. The van der Waals surface area contributed by atoms with E-state index >= 15 is 0 Å². The molecule has 0 aromatic heterocycles. The molecule has 6 nitrogen and oxygen atoms in total. The number of phosphoric acid groups is 1. The van der Waals surface area contributed by atoms with Gasteiger partial charge in [-0.25, -0.2) is 4.57 Å². The highest BCUT2D eigenvalue weighted by Crippen LogP contribution is 2.36. The third kappa shape index (κ3) is 12.5. The van der Waals surface area contributed by atoms with E-state index in [1.165, 1.54) is 0 Å². The van der Waals surface area contributed by atoms with Crippen molar-refractivity contribution in [2.24, 2.45) is 0 Å². The van der Waals surface area contributed by atoms with Crippen molar-refractivity contribution in [3.05, 3.63) is 0 Å². The molecule has 1 atom stereocenters. The summed E-state index contributed by atoms with van der Waals surface area (Å²) in [6.45, 7) is 11.2. The maximum atomic E-state index is 10.7. The molecule has 0 saturated heterocycles. The van der Waals surface area contributed by atoms with Crippen molar-refractivity contribution in [3.63, 3.8) is 0 Å². The van der Waals surface area contributed by atoms with E-state index in [0.717, 1.165) is 0 Å². The molecule has 0 radical (unpaired) electrons. The van der Waals surface area contributed by atoms with Crippen LogP contribution in [0.25, 0.3) is 0 Å². The maximum Gasteiger partial charge on any atom is 0.469 e. The van der Waals surface area contributed by atoms with Crippen LogP contribution in [-0.4, -0.2) is 40.3 Å². The quantitative estimate of drug-likeness (QED) is 0.726. The fourth-order valence-electron chi connectivity index (χ4n) is 1.14. The average molecular weight is 284 g/mol. The minimum Gasteiger partial charge on any atom is -0.373 e. The number of hydrogen-bond donors (Lipinski definition) is 2. The standard InChI is InChI=1S/C11H25O6P/c1-10(2,3)15-7-9(17-11(4,5)6)8-16-18(12,13)14/h9H,7-8H2,1-6H3,(H2,12,13,14). The highest BCUT2D eigenvalue weighted by atomic mass is 31.2. The molecule has 2 N–H and O–H groups in total. The van der Waals surface area contributed by atoms with Crippen molar-refractivity contribution in [1.29, 1.82) is 0 Å². The molecular formula is C11H25O6P. The number of hydrogen-bond acceptors (Lipinski definition) is 4. The topological polar surface area (TPSA) is 85.2 Å². The smallest absolute Gasteiger partial charge is 0.373 e. The minimum atomic E-state index is -4.48. The van der Waals surface area contributed by atoms with E-state index in [2.05, 4.69) is 4.52 Å². The highest BCUT2D eigenvalue weighted by Gasteiger charge is 2.25. The number of phosphoric ester groups is 1. The second-order valence-corrected chi connectivity index (χ2v) is 7.30. The fourth-order valence-corrected chi connectivity index (χ4v) is 1.50. The normalized spacial score (nSPS) is 15.8. The summed E-state index contributed by atoms with van der Waals surface area (Å²) in [5.41, 5.74) is -0.786. The summed E-state index contributed by atoms with van der Waals surface area (Å²) >= 11 is 0. The van der Waals surface area contributed by atoms with Gasteiger partial charge in [-0.15, -0.1) is 0 Å². The van der Waals surface area contributed by atoms with Gasteiger partial charge in [-0.3, -0.25) is 4.52 Å². The molecule has 0 bridgehead atoms. The molecule has 0 heterocycles. The molecule has 7 heteroatoms. The van der Waals surface area contributed by atoms with Gasteiger partial charge in [-0.2, -0.15) is 0 Å². The summed E-state index contributed by atoms with van der Waals surface area (Å²) in [5.74, 6) is 0. The predicted octanol–water partition coefficient (Wildman–Crippen LogP) is 2.09. The monoisotopic (exact) mass is 284 g/mol. The van der Waals surface area contributed by atoms with Crippen LogP contribution in [0.3, 0.4) is 0 Å². The van der Waals surface area contributed by atoms with Gasteiger partial charge in [-0.1, -0.05) is 0 Å². The third-order valence-corrected chi connectivity index (χ3v) is 2.14. The minimum absolute atomic E-state index is 0.209. The van der Waals surface area contributed by atoms with E-state index in [-0.39, 0.29) is 18.8 Å². The van der Waals surface area contributed by atoms with Crippen molar-refractivity contribution in [1.82, 2.24) is 0 Å². The highest BCUT2D eigenvalue weighted by molar-refractivity contribution is 7.46. The van der Waals surface area contributed by atoms with Gasteiger partial charge in [-0.05, 0) is 41.5 Å². The third-order valence-electron chi connectivity index (χ3n) is 1.65. The molecular weight excluding hydrogens is 259 g/mol. The van der Waals surface area contributed by atoms with Crippen molar-refractivity contribution in [2.75, 3.05) is 13.2 Å². The summed E-state index contributed by atoms with van der Waals surface area (Å²) in [6.07, 6.45) is -0.531. The SMILES string of the molecule is CC(C)(C)OCC(COP(=O)(O)O)OC(C)(C)C. The van der Waals surface area contributed by atoms with Gasteiger partial charge in [0.15, 0.2) is 0 Å². The molecule has 0 aliphatic carbocycles. The second kappa shape index (κ2) is 6.46. The maximum absolute atomic E-state index is 10.7. The summed E-state index contributed by atoms with van der Waals surface area (Å²) in [4.78, 5) is 17.4. The van der Waals surface area contributed by atoms with Crippen molar-refractivity contribution >= 4 is 7.82 Å². The van der Waals surface area contributed by atoms with Gasteiger partial charge >= 0.3 is 7.82 Å². The molecule has 0 amide bonds. The van der Waals surface area contributed by atoms with Gasteiger partial charge in [0.25, 0.3) is 0 Å². The molecule has 0 aliphatic rings. The number of rotatable bonds is 6. The predicted molar refractivity (Wildman–Crippen MR) is 68.3 cm³/mol. The van der Waals surface area contributed by atoms with E-state index in [4.69, 9.17) is 19.3 Å². The van der Waals surface area contributed by atoms with Crippen LogP contribution in [0.5, 0.6) is 0 Å². The first-order chi connectivity index (χ1) is 7.79. The first-order valence-electron chi connectivity index (χ1n) is 5.80. The molecule has 0 aromatic carbocycles. The lowest BCUT2D eigenvalue weighted by Crippen LogP contribution is -2.36.